The number of carbonyl (C=O) groups excluding carboxylic acids is 4. The van der Waals surface area contributed by atoms with Crippen LogP contribution >= 0.6 is 0 Å². The Morgan fingerprint density at radius 2 is 1.81 bits per heavy atom. The number of rotatable bonds is 11. The molecule has 0 radical (unpaired) electrons. The summed E-state index contributed by atoms with van der Waals surface area (Å²) < 4.78 is 22.6. The van der Waals surface area contributed by atoms with Crippen LogP contribution in [0.25, 0.3) is 17.0 Å². The summed E-state index contributed by atoms with van der Waals surface area (Å²) in [5.74, 6) is -3.88. The van der Waals surface area contributed by atoms with Crippen LogP contribution in [0.1, 0.15) is 78.2 Å². The highest BCUT2D eigenvalue weighted by Gasteiger charge is 2.42. The third-order valence-electron chi connectivity index (χ3n) is 8.59. The van der Waals surface area contributed by atoms with Gasteiger partial charge in [0.2, 0.25) is 5.91 Å². The molecule has 0 bridgehead atoms. The van der Waals surface area contributed by atoms with Gasteiger partial charge in [0.05, 0.1) is 50.0 Å². The molecule has 2 aliphatic rings. The van der Waals surface area contributed by atoms with Crippen molar-refractivity contribution in [2.45, 2.75) is 90.4 Å². The van der Waals surface area contributed by atoms with Crippen LogP contribution in [0.3, 0.4) is 0 Å². The van der Waals surface area contributed by atoms with E-state index in [1.807, 2.05) is 38.1 Å². The SMILES string of the molecule is COC(=O)[C@@H]1CCCN(C(=O)[C@H](C)NC(=O)[C@@H](CC(=O)OC2(/C=C/c3ccc4ccc([C@@H](C)O)nc4c3)COC(C)(C)OC2)C(C)C)N1. The molecule has 0 saturated carbocycles. The van der Waals surface area contributed by atoms with Crippen molar-refractivity contribution in [2.24, 2.45) is 11.8 Å². The monoisotopic (exact) mass is 668 g/mol. The quantitative estimate of drug-likeness (QED) is 0.301. The molecule has 0 spiro atoms. The Morgan fingerprint density at radius 3 is 2.46 bits per heavy atom. The highest BCUT2D eigenvalue weighted by molar-refractivity contribution is 5.90. The van der Waals surface area contributed by atoms with Gasteiger partial charge in [-0.1, -0.05) is 38.1 Å². The van der Waals surface area contributed by atoms with Crippen LogP contribution in [0.2, 0.25) is 0 Å². The van der Waals surface area contributed by atoms with Crippen molar-refractivity contribution in [3.8, 4) is 0 Å². The standard InChI is InChI=1S/C35H48N4O9/c1-21(2)26(31(42)36-22(3)32(43)39-16-8-9-28(38-39)33(44)45-7)18-30(41)48-35(19-46-34(5,6)47-20-35)15-14-24-10-11-25-12-13-27(23(4)40)37-29(25)17-24/h10-15,17,21-23,26,28,38,40H,8-9,16,18-20H2,1-7H3,(H,36,42)/b15-14+/t22-,23+,26-,28-/m0/s1. The van der Waals surface area contributed by atoms with Crippen LogP contribution in [0.4, 0.5) is 0 Å². The minimum Gasteiger partial charge on any atom is -0.468 e. The van der Waals surface area contributed by atoms with Crippen molar-refractivity contribution in [2.75, 3.05) is 26.9 Å². The average molecular weight is 669 g/mol. The highest BCUT2D eigenvalue weighted by atomic mass is 16.7. The van der Waals surface area contributed by atoms with Crippen molar-refractivity contribution in [1.82, 2.24) is 20.7 Å². The zero-order valence-electron chi connectivity index (χ0n) is 28.8. The first-order valence-corrected chi connectivity index (χ1v) is 16.4. The van der Waals surface area contributed by atoms with Crippen molar-refractivity contribution < 1.29 is 43.2 Å². The van der Waals surface area contributed by atoms with Crippen LogP contribution < -0.4 is 10.7 Å². The smallest absolute Gasteiger partial charge is 0.324 e. The number of aliphatic hydroxyl groups excluding tert-OH is 1. The lowest BCUT2D eigenvalue weighted by Gasteiger charge is -2.41. The third kappa shape index (κ3) is 9.37. The van der Waals surface area contributed by atoms with Crippen LogP contribution in [0, 0.1) is 11.8 Å². The molecule has 2 aromatic rings. The maximum Gasteiger partial charge on any atom is 0.324 e. The van der Waals surface area contributed by atoms with E-state index < -0.39 is 59.2 Å². The van der Waals surface area contributed by atoms with E-state index in [0.717, 1.165) is 10.9 Å². The van der Waals surface area contributed by atoms with E-state index >= 15 is 0 Å². The van der Waals surface area contributed by atoms with Gasteiger partial charge in [-0.2, -0.15) is 0 Å². The number of aromatic nitrogens is 1. The molecule has 3 N–H and O–H groups in total. The molecule has 2 aliphatic heterocycles. The number of benzene rings is 1. The van der Waals surface area contributed by atoms with Gasteiger partial charge in [-0.05, 0) is 70.2 Å². The predicted molar refractivity (Wildman–Crippen MR) is 177 cm³/mol. The number of hydrogen-bond donors (Lipinski definition) is 3. The molecule has 4 rings (SSSR count). The number of pyridine rings is 1. The number of nitrogens with one attached hydrogen (secondary N) is 2. The summed E-state index contributed by atoms with van der Waals surface area (Å²) in [5, 5.41) is 14.9. The zero-order chi connectivity index (χ0) is 35.2. The fourth-order valence-corrected chi connectivity index (χ4v) is 5.55. The predicted octanol–water partition coefficient (Wildman–Crippen LogP) is 3.20. The fraction of sp³-hybridized carbons (Fsp3) is 0.571. The molecule has 4 atom stereocenters. The largest absolute Gasteiger partial charge is 0.468 e. The Labute approximate surface area is 281 Å². The number of hydrazine groups is 1. The number of carbonyl (C=O) groups is 4. The molecule has 13 nitrogen and oxygen atoms in total. The lowest BCUT2D eigenvalue weighted by Crippen LogP contribution is -2.59. The molecule has 2 saturated heterocycles. The van der Waals surface area contributed by atoms with Gasteiger partial charge in [0.15, 0.2) is 11.4 Å². The maximum atomic E-state index is 13.5. The van der Waals surface area contributed by atoms with Crippen LogP contribution in [0.15, 0.2) is 36.4 Å². The van der Waals surface area contributed by atoms with Gasteiger partial charge >= 0.3 is 11.9 Å². The zero-order valence-corrected chi connectivity index (χ0v) is 28.8. The molecule has 13 heteroatoms. The van der Waals surface area contributed by atoms with Crippen LogP contribution in [-0.2, 0) is 38.1 Å². The van der Waals surface area contributed by atoms with E-state index in [9.17, 15) is 24.3 Å². The van der Waals surface area contributed by atoms with Gasteiger partial charge in [0.25, 0.3) is 5.91 Å². The van der Waals surface area contributed by atoms with Crippen LogP contribution in [-0.4, -0.2) is 89.2 Å². The Kier molecular flexibility index (Phi) is 12.0. The molecule has 0 unspecified atom stereocenters. The van der Waals surface area contributed by atoms with E-state index in [0.29, 0.717) is 30.6 Å². The average Bonchev–Trinajstić information content (AvgIpc) is 3.06. The third-order valence-corrected chi connectivity index (χ3v) is 8.59. The number of fused-ring (bicyclic) bond motifs is 1. The first kappa shape index (κ1) is 36.9. The summed E-state index contributed by atoms with van der Waals surface area (Å²) in [6.45, 7) is 10.8. The fourth-order valence-electron chi connectivity index (χ4n) is 5.55. The Bertz CT molecular complexity index is 1510. The normalized spacial score (nSPS) is 21.0. The van der Waals surface area contributed by atoms with E-state index in [1.54, 1.807) is 45.9 Å². The number of amides is 2. The van der Waals surface area contributed by atoms with E-state index in [4.69, 9.17) is 18.9 Å². The topological polar surface area (TPSA) is 166 Å². The second-order valence-corrected chi connectivity index (χ2v) is 13.3. The summed E-state index contributed by atoms with van der Waals surface area (Å²) in [5.41, 5.74) is 3.66. The first-order chi connectivity index (χ1) is 22.6. The molecule has 1 aromatic carbocycles. The van der Waals surface area contributed by atoms with E-state index in [1.165, 1.54) is 12.1 Å². The van der Waals surface area contributed by atoms with Gasteiger partial charge in [-0.15, -0.1) is 0 Å². The Morgan fingerprint density at radius 1 is 1.12 bits per heavy atom. The summed E-state index contributed by atoms with van der Waals surface area (Å²) in [4.78, 5) is 56.5. The Balaban J connectivity index is 1.45. The molecular weight excluding hydrogens is 620 g/mol. The van der Waals surface area contributed by atoms with Crippen molar-refractivity contribution in [3.63, 3.8) is 0 Å². The molecule has 2 fully saturated rings. The van der Waals surface area contributed by atoms with Crippen molar-refractivity contribution in [3.05, 3.63) is 47.7 Å². The molecule has 3 heterocycles. The molecule has 48 heavy (non-hydrogen) atoms. The summed E-state index contributed by atoms with van der Waals surface area (Å²) in [6, 6.07) is 7.82. The van der Waals surface area contributed by atoms with Gasteiger partial charge < -0.3 is 29.4 Å². The number of ether oxygens (including phenoxy) is 4. The number of esters is 2. The van der Waals surface area contributed by atoms with Gasteiger partial charge in [0, 0.05) is 11.9 Å². The molecular formula is C35H48N4O9. The number of hydrogen-bond acceptors (Lipinski definition) is 11. The molecule has 2 amide bonds. The summed E-state index contributed by atoms with van der Waals surface area (Å²) in [7, 11) is 1.29. The summed E-state index contributed by atoms with van der Waals surface area (Å²) in [6.07, 6.45) is 3.71. The molecule has 0 aliphatic carbocycles. The Hall–Kier alpha value is -3.91. The van der Waals surface area contributed by atoms with Crippen molar-refractivity contribution in [1.29, 1.82) is 0 Å². The maximum absolute atomic E-state index is 13.5. The second kappa shape index (κ2) is 15.5. The minimum absolute atomic E-state index is 0.0275. The van der Waals surface area contributed by atoms with E-state index in [-0.39, 0.29) is 25.6 Å². The van der Waals surface area contributed by atoms with Gasteiger partial charge in [-0.3, -0.25) is 29.2 Å². The van der Waals surface area contributed by atoms with Gasteiger partial charge in [0.1, 0.15) is 12.1 Å². The minimum atomic E-state index is -1.27. The number of aliphatic hydroxyl groups is 1. The van der Waals surface area contributed by atoms with Crippen molar-refractivity contribution >= 4 is 40.7 Å². The van der Waals surface area contributed by atoms with Gasteiger partial charge in [-0.25, -0.2) is 5.43 Å². The summed E-state index contributed by atoms with van der Waals surface area (Å²) >= 11 is 0. The van der Waals surface area contributed by atoms with Crippen LogP contribution in [0.5, 0.6) is 0 Å². The highest BCUT2D eigenvalue weighted by Crippen LogP contribution is 2.30. The number of nitrogens with zero attached hydrogens (tertiary/aromatic N) is 2. The lowest BCUT2D eigenvalue weighted by molar-refractivity contribution is -0.293. The second-order valence-electron chi connectivity index (χ2n) is 13.3. The van der Waals surface area contributed by atoms with E-state index in [2.05, 4.69) is 15.7 Å². The molecule has 1 aromatic heterocycles. The number of methoxy groups -OCH3 is 1. The molecule has 262 valence electrons. The first-order valence-electron chi connectivity index (χ1n) is 16.4. The lowest BCUT2D eigenvalue weighted by atomic mass is 9.91.